The molecule has 0 spiro atoms. The van der Waals surface area contributed by atoms with Crippen molar-refractivity contribution < 1.29 is 19.2 Å². The highest BCUT2D eigenvalue weighted by Gasteiger charge is 2.52. The number of hydrogen-bond acceptors (Lipinski definition) is 4. The number of rotatable bonds is 3. The Labute approximate surface area is 121 Å². The van der Waals surface area contributed by atoms with Crippen LogP contribution in [0.1, 0.15) is 41.5 Å². The maximum absolute atomic E-state index is 10.0. The molecule has 5 heteroatoms. The fourth-order valence-electron chi connectivity index (χ4n) is 2.06. The average molecular weight is 278 g/mol. The van der Waals surface area contributed by atoms with E-state index in [0.29, 0.717) is 5.75 Å². The van der Waals surface area contributed by atoms with E-state index in [1.807, 2.05) is 47.6 Å². The van der Waals surface area contributed by atoms with Crippen LogP contribution in [0.3, 0.4) is 0 Å². The molecule has 1 heterocycles. The van der Waals surface area contributed by atoms with Gasteiger partial charge in [0.25, 0.3) is 0 Å². The van der Waals surface area contributed by atoms with Gasteiger partial charge in [-0.05, 0) is 47.6 Å². The van der Waals surface area contributed by atoms with Gasteiger partial charge in [0, 0.05) is 5.46 Å². The molecule has 0 unspecified atom stereocenters. The van der Waals surface area contributed by atoms with Crippen LogP contribution in [0.4, 0.5) is 0 Å². The highest BCUT2D eigenvalue weighted by molar-refractivity contribution is 6.63. The van der Waals surface area contributed by atoms with Crippen LogP contribution in [0.25, 0.3) is 0 Å². The highest BCUT2D eigenvalue weighted by atomic mass is 16.7. The quantitative estimate of drug-likeness (QED) is 0.863. The minimum absolute atomic E-state index is 0.0375. The molecule has 0 aromatic heterocycles. The molecule has 1 aliphatic heterocycles. The summed E-state index contributed by atoms with van der Waals surface area (Å²) < 4.78 is 17.7. The summed E-state index contributed by atoms with van der Waals surface area (Å²) >= 11 is 0. The minimum Gasteiger partial charge on any atom is -0.504 e. The lowest BCUT2D eigenvalue weighted by molar-refractivity contribution is 0.00578. The van der Waals surface area contributed by atoms with Gasteiger partial charge in [-0.25, -0.2) is 0 Å². The summed E-state index contributed by atoms with van der Waals surface area (Å²) in [5.41, 5.74) is -0.117. The van der Waals surface area contributed by atoms with E-state index in [1.165, 1.54) is 0 Å². The first-order valence-electron chi connectivity index (χ1n) is 6.98. The van der Waals surface area contributed by atoms with Crippen molar-refractivity contribution in [2.24, 2.45) is 0 Å². The molecular weight excluding hydrogens is 255 g/mol. The zero-order valence-corrected chi connectivity index (χ0v) is 13.1. The van der Waals surface area contributed by atoms with Gasteiger partial charge in [-0.3, -0.25) is 0 Å². The molecule has 0 bridgehead atoms. The smallest absolute Gasteiger partial charge is 0.498 e. The van der Waals surface area contributed by atoms with E-state index in [0.717, 1.165) is 5.46 Å². The van der Waals surface area contributed by atoms with Crippen molar-refractivity contribution in [3.63, 3.8) is 0 Å². The molecule has 1 fully saturated rings. The van der Waals surface area contributed by atoms with Gasteiger partial charge in [0.05, 0.1) is 17.3 Å². The topological polar surface area (TPSA) is 47.9 Å². The Morgan fingerprint density at radius 2 is 1.65 bits per heavy atom. The molecule has 0 amide bonds. The van der Waals surface area contributed by atoms with Crippen LogP contribution in [0.5, 0.6) is 11.5 Å². The van der Waals surface area contributed by atoms with Crippen LogP contribution in [0, 0.1) is 0 Å². The molecule has 1 aromatic rings. The first-order chi connectivity index (χ1) is 9.14. The third-order valence-corrected chi connectivity index (χ3v) is 3.89. The largest absolute Gasteiger partial charge is 0.504 e. The van der Waals surface area contributed by atoms with Crippen molar-refractivity contribution in [1.29, 1.82) is 0 Å². The van der Waals surface area contributed by atoms with Gasteiger partial charge in [0.2, 0.25) is 0 Å². The van der Waals surface area contributed by atoms with Gasteiger partial charge in [-0.15, -0.1) is 0 Å². The second kappa shape index (κ2) is 4.97. The van der Waals surface area contributed by atoms with Gasteiger partial charge in [0.1, 0.15) is 0 Å². The number of ether oxygens (including phenoxy) is 1. The number of phenolic OH excluding ortho intramolecular Hbond substituents is 1. The molecule has 0 saturated carbocycles. The lowest BCUT2D eigenvalue weighted by Crippen LogP contribution is -2.41. The molecule has 0 aliphatic carbocycles. The van der Waals surface area contributed by atoms with Crippen molar-refractivity contribution in [3.8, 4) is 11.5 Å². The van der Waals surface area contributed by atoms with Crippen molar-refractivity contribution in [3.05, 3.63) is 18.2 Å². The Morgan fingerprint density at radius 1 is 1.10 bits per heavy atom. The molecule has 1 aromatic carbocycles. The van der Waals surface area contributed by atoms with Gasteiger partial charge < -0.3 is 19.2 Å². The molecule has 2 rings (SSSR count). The SMILES string of the molecule is CC(C)Oc1c(O)cccc1B1OC(C)(C)C(C)(C)O1. The van der Waals surface area contributed by atoms with E-state index in [1.54, 1.807) is 12.1 Å². The molecule has 1 saturated heterocycles. The Bertz CT molecular complexity index is 481. The van der Waals surface area contributed by atoms with Crippen molar-refractivity contribution in [2.45, 2.75) is 58.8 Å². The summed E-state index contributed by atoms with van der Waals surface area (Å²) in [5, 5.41) is 10.0. The maximum Gasteiger partial charge on any atom is 0.498 e. The molecule has 1 N–H and O–H groups in total. The van der Waals surface area contributed by atoms with E-state index in [-0.39, 0.29) is 11.9 Å². The van der Waals surface area contributed by atoms with Crippen molar-refractivity contribution >= 4 is 12.6 Å². The molecule has 110 valence electrons. The zero-order valence-electron chi connectivity index (χ0n) is 13.1. The lowest BCUT2D eigenvalue weighted by Gasteiger charge is -2.32. The van der Waals surface area contributed by atoms with Crippen molar-refractivity contribution in [2.75, 3.05) is 0 Å². The highest BCUT2D eigenvalue weighted by Crippen LogP contribution is 2.38. The number of phenols is 1. The number of aromatic hydroxyl groups is 1. The Morgan fingerprint density at radius 3 is 2.15 bits per heavy atom. The molecule has 0 radical (unpaired) electrons. The minimum atomic E-state index is -0.541. The lowest BCUT2D eigenvalue weighted by atomic mass is 9.78. The summed E-state index contributed by atoms with van der Waals surface area (Å²) in [6.45, 7) is 11.8. The Kier molecular flexibility index (Phi) is 3.78. The molecule has 1 aliphatic rings. The van der Waals surface area contributed by atoms with Crippen LogP contribution < -0.4 is 10.2 Å². The standard InChI is InChI=1S/C15H23BO4/c1-10(2)18-13-11(8-7-9-12(13)17)16-19-14(3,4)15(5,6)20-16/h7-10,17H,1-6H3. The third kappa shape index (κ3) is 2.65. The summed E-state index contributed by atoms with van der Waals surface area (Å²) in [6, 6.07) is 5.23. The summed E-state index contributed by atoms with van der Waals surface area (Å²) in [4.78, 5) is 0. The van der Waals surface area contributed by atoms with Gasteiger partial charge in [0.15, 0.2) is 11.5 Å². The van der Waals surface area contributed by atoms with Gasteiger partial charge in [-0.2, -0.15) is 0 Å². The van der Waals surface area contributed by atoms with Crippen LogP contribution >= 0.6 is 0 Å². The van der Waals surface area contributed by atoms with Gasteiger partial charge in [-0.1, -0.05) is 12.1 Å². The molecule has 0 atom stereocenters. The fraction of sp³-hybridized carbons (Fsp3) is 0.600. The second-order valence-corrected chi connectivity index (χ2v) is 6.45. The van der Waals surface area contributed by atoms with Gasteiger partial charge >= 0.3 is 7.12 Å². The number of benzene rings is 1. The average Bonchev–Trinajstić information content (AvgIpc) is 2.50. The van der Waals surface area contributed by atoms with E-state index in [9.17, 15) is 5.11 Å². The normalized spacial score (nSPS) is 20.4. The van der Waals surface area contributed by atoms with E-state index >= 15 is 0 Å². The first kappa shape index (κ1) is 15.2. The van der Waals surface area contributed by atoms with Crippen LogP contribution in [-0.4, -0.2) is 29.5 Å². The van der Waals surface area contributed by atoms with E-state index < -0.39 is 18.3 Å². The summed E-state index contributed by atoms with van der Waals surface area (Å²) in [5.74, 6) is 0.534. The predicted octanol–water partition coefficient (Wildman–Crippen LogP) is 2.48. The monoisotopic (exact) mass is 278 g/mol. The third-order valence-electron chi connectivity index (χ3n) is 3.89. The maximum atomic E-state index is 10.0. The predicted molar refractivity (Wildman–Crippen MR) is 79.6 cm³/mol. The molecule has 20 heavy (non-hydrogen) atoms. The van der Waals surface area contributed by atoms with Crippen LogP contribution in [-0.2, 0) is 9.31 Å². The molecule has 4 nitrogen and oxygen atoms in total. The van der Waals surface area contributed by atoms with Crippen LogP contribution in [0.2, 0.25) is 0 Å². The van der Waals surface area contributed by atoms with E-state index in [2.05, 4.69) is 0 Å². The zero-order chi connectivity index (χ0) is 15.1. The van der Waals surface area contributed by atoms with Crippen LogP contribution in [0.15, 0.2) is 18.2 Å². The van der Waals surface area contributed by atoms with Crippen molar-refractivity contribution in [1.82, 2.24) is 0 Å². The summed E-state index contributed by atoms with van der Waals surface area (Å²) in [6.07, 6.45) is -0.0375. The summed E-state index contributed by atoms with van der Waals surface area (Å²) in [7, 11) is -0.541. The fourth-order valence-corrected chi connectivity index (χ4v) is 2.06. The Balaban J connectivity index is 2.37. The number of hydrogen-bond donors (Lipinski definition) is 1. The number of para-hydroxylation sites is 1. The molecular formula is C15H23BO4. The second-order valence-electron chi connectivity index (χ2n) is 6.45. The van der Waals surface area contributed by atoms with E-state index in [4.69, 9.17) is 14.0 Å². The Hall–Kier alpha value is -1.20. The first-order valence-corrected chi connectivity index (χ1v) is 6.98.